The first kappa shape index (κ1) is 40.9. The number of thioether (sulfide) groups is 1. The Morgan fingerprint density at radius 1 is 1.00 bits per heavy atom. The molecule has 2 unspecified atom stereocenters. The van der Waals surface area contributed by atoms with Crippen LogP contribution in [0.1, 0.15) is 123 Å². The van der Waals surface area contributed by atoms with Crippen LogP contribution in [-0.4, -0.2) is 51.8 Å². The summed E-state index contributed by atoms with van der Waals surface area (Å²) in [5.41, 5.74) is 2.54. The number of unbranched alkanes of at least 4 members (excludes halogenated alkanes) is 6. The summed E-state index contributed by atoms with van der Waals surface area (Å²) in [7, 11) is 1.61. The lowest BCUT2D eigenvalue weighted by molar-refractivity contribution is -0.0249. The smallest absolute Gasteiger partial charge is 0.331 e. The summed E-state index contributed by atoms with van der Waals surface area (Å²) >= 11 is 1.77. The van der Waals surface area contributed by atoms with Crippen LogP contribution in [0.25, 0.3) is 28.0 Å². The summed E-state index contributed by atoms with van der Waals surface area (Å²) in [4.78, 5) is 26.6. The number of aromatic nitrogens is 3. The molecule has 2 aromatic heterocycles. The minimum atomic E-state index is -0.539. The molecule has 3 heterocycles. The lowest BCUT2D eigenvalue weighted by Gasteiger charge is -2.37. The Labute approximate surface area is 326 Å². The van der Waals surface area contributed by atoms with Gasteiger partial charge in [-0.25, -0.2) is 19.1 Å². The first-order chi connectivity index (χ1) is 26.1. The third-order valence-corrected chi connectivity index (χ3v) is 11.9. The van der Waals surface area contributed by atoms with E-state index in [-0.39, 0.29) is 34.8 Å². The maximum atomic E-state index is 14.2. The topological polar surface area (TPSA) is 82.5 Å². The minimum absolute atomic E-state index is 0.141. The van der Waals surface area contributed by atoms with E-state index in [0.717, 1.165) is 45.1 Å². The number of allylic oxidation sites excluding steroid dienone is 5. The van der Waals surface area contributed by atoms with Crippen LogP contribution in [-0.2, 0) is 4.74 Å². The van der Waals surface area contributed by atoms with Gasteiger partial charge < -0.3 is 19.1 Å². The van der Waals surface area contributed by atoms with Gasteiger partial charge in [-0.1, -0.05) is 97.1 Å². The highest BCUT2D eigenvalue weighted by Gasteiger charge is 2.36. The molecule has 0 spiro atoms. The zero-order chi connectivity index (χ0) is 38.8. The quantitative estimate of drug-likeness (QED) is 0.0765. The molecule has 5 rings (SSSR count). The van der Waals surface area contributed by atoms with E-state index >= 15 is 0 Å². The van der Waals surface area contributed by atoms with Gasteiger partial charge in [-0.3, -0.25) is 0 Å². The van der Waals surface area contributed by atoms with Gasteiger partial charge in [-0.15, -0.1) is 5.10 Å². The second-order valence-corrected chi connectivity index (χ2v) is 16.3. The molecule has 1 aliphatic heterocycles. The zero-order valence-electron chi connectivity index (χ0n) is 33.6. The molecule has 1 aromatic carbocycles. The predicted octanol–water partition coefficient (Wildman–Crippen LogP) is 10.9. The van der Waals surface area contributed by atoms with Gasteiger partial charge in [0.1, 0.15) is 23.2 Å². The van der Waals surface area contributed by atoms with Crippen LogP contribution in [0.2, 0.25) is 0 Å². The predicted molar refractivity (Wildman–Crippen MR) is 221 cm³/mol. The lowest BCUT2D eigenvalue weighted by Crippen LogP contribution is -2.37. The molecule has 0 saturated heterocycles. The number of ether oxygens (including phenoxy) is 3. The summed E-state index contributed by atoms with van der Waals surface area (Å²) in [6, 6.07) is 5.64. The third kappa shape index (κ3) is 9.52. The highest BCUT2D eigenvalue weighted by atomic mass is 32.2. The van der Waals surface area contributed by atoms with Crippen molar-refractivity contribution in [1.29, 1.82) is 0 Å². The fourth-order valence-corrected chi connectivity index (χ4v) is 8.87. The maximum absolute atomic E-state index is 14.2. The molecular weight excluding hydrogens is 695 g/mol. The monoisotopic (exact) mass is 753 g/mol. The summed E-state index contributed by atoms with van der Waals surface area (Å²) in [6.07, 6.45) is 18.9. The molecule has 1 saturated carbocycles. The number of methoxy groups -OCH3 is 1. The minimum Gasteiger partial charge on any atom is -0.496 e. The Kier molecular flexibility index (Phi) is 14.7. The SMILES string of the molecule is [C-]#[N+]c1c(C(=O)OC2C(C)CC(C)CC2C)c2nc(-c3cc(OCCCCCCCC)ccc3OC)nn2c1=CC=CC=C1SC(C)=C(C)N1CCCC. The van der Waals surface area contributed by atoms with Gasteiger partial charge in [0.05, 0.1) is 36.2 Å². The standard InChI is InChI=1S/C44H59N5O4S/c1-10-12-14-15-16-19-25-52-34-22-23-37(51-9)35(28-34)42-46-43-39(44(50)53-41-30(4)26-29(3)27-31(41)5)40(45-8)36(49(43)47-42)20-17-18-21-38-48(24-13-11-2)32(6)33(7)54-38/h17-18,20-23,28-31,41H,10-16,19,24-27H2,1-7,9H3. The first-order valence-electron chi connectivity index (χ1n) is 19.9. The van der Waals surface area contributed by atoms with Crippen molar-refractivity contribution in [1.82, 2.24) is 19.5 Å². The number of esters is 1. The fraction of sp³-hybridized carbons (Fsp3) is 0.545. The number of hydrogen-bond donors (Lipinski definition) is 0. The number of nitrogens with zero attached hydrogens (tertiary/aromatic N) is 5. The average Bonchev–Trinajstić information content (AvgIpc) is 3.79. The average molecular weight is 754 g/mol. The molecule has 2 atom stereocenters. The van der Waals surface area contributed by atoms with Gasteiger partial charge in [0.25, 0.3) is 0 Å². The first-order valence-corrected chi connectivity index (χ1v) is 20.8. The molecule has 10 heteroatoms. The van der Waals surface area contributed by atoms with Crippen molar-refractivity contribution in [2.45, 2.75) is 119 Å². The Bertz CT molecular complexity index is 1940. The van der Waals surface area contributed by atoms with Crippen molar-refractivity contribution in [3.8, 4) is 22.9 Å². The van der Waals surface area contributed by atoms with Gasteiger partial charge in [0.15, 0.2) is 11.5 Å². The molecule has 1 fully saturated rings. The Morgan fingerprint density at radius 2 is 1.70 bits per heavy atom. The maximum Gasteiger partial charge on any atom is 0.331 e. The number of hydrogen-bond acceptors (Lipinski definition) is 8. The van der Waals surface area contributed by atoms with Crippen LogP contribution in [0.4, 0.5) is 5.69 Å². The van der Waals surface area contributed by atoms with Gasteiger partial charge in [0.2, 0.25) is 5.69 Å². The molecule has 3 aromatic rings. The number of fused-ring (bicyclic) bond motifs is 1. The van der Waals surface area contributed by atoms with Crippen LogP contribution in [0.5, 0.6) is 11.5 Å². The van der Waals surface area contributed by atoms with E-state index in [1.807, 2.05) is 36.4 Å². The Morgan fingerprint density at radius 3 is 2.41 bits per heavy atom. The van der Waals surface area contributed by atoms with Gasteiger partial charge in [0, 0.05) is 17.1 Å². The van der Waals surface area contributed by atoms with Crippen molar-refractivity contribution in [2.75, 3.05) is 20.3 Å². The van der Waals surface area contributed by atoms with Crippen molar-refractivity contribution in [2.24, 2.45) is 17.8 Å². The number of carbonyl (C=O) groups excluding carboxylic acids is 1. The highest BCUT2D eigenvalue weighted by molar-refractivity contribution is 8.06. The normalized spacial score (nSPS) is 21.5. The van der Waals surface area contributed by atoms with E-state index in [4.69, 9.17) is 30.9 Å². The van der Waals surface area contributed by atoms with Crippen LogP contribution in [0.3, 0.4) is 0 Å². The van der Waals surface area contributed by atoms with E-state index in [2.05, 4.69) is 64.3 Å². The van der Waals surface area contributed by atoms with Crippen LogP contribution in [0.15, 0.2) is 52.1 Å². The zero-order valence-corrected chi connectivity index (χ0v) is 34.4. The van der Waals surface area contributed by atoms with Gasteiger partial charge in [-0.05, 0) is 87.6 Å². The van der Waals surface area contributed by atoms with Crippen molar-refractivity contribution >= 4 is 35.1 Å². The van der Waals surface area contributed by atoms with Crippen molar-refractivity contribution in [3.05, 3.63) is 74.4 Å². The number of benzene rings is 1. The van der Waals surface area contributed by atoms with Crippen LogP contribution in [0, 0.1) is 24.3 Å². The highest BCUT2D eigenvalue weighted by Crippen LogP contribution is 2.41. The van der Waals surface area contributed by atoms with E-state index < -0.39 is 5.97 Å². The van der Waals surface area contributed by atoms with E-state index in [1.54, 1.807) is 23.4 Å². The molecule has 290 valence electrons. The Hall–Kier alpha value is -4.23. The number of rotatable bonds is 17. The molecule has 0 amide bonds. The van der Waals surface area contributed by atoms with Crippen LogP contribution >= 0.6 is 11.8 Å². The molecule has 9 nitrogen and oxygen atoms in total. The molecule has 54 heavy (non-hydrogen) atoms. The molecule has 1 aliphatic carbocycles. The number of carbonyl (C=O) groups is 1. The molecule has 0 radical (unpaired) electrons. The fourth-order valence-electron chi connectivity index (χ4n) is 7.82. The summed E-state index contributed by atoms with van der Waals surface area (Å²) < 4.78 is 19.8. The van der Waals surface area contributed by atoms with Gasteiger partial charge >= 0.3 is 5.97 Å². The summed E-state index contributed by atoms with van der Waals surface area (Å²) in [5, 5.41) is 6.55. The van der Waals surface area contributed by atoms with E-state index in [1.165, 1.54) is 41.3 Å². The van der Waals surface area contributed by atoms with Crippen molar-refractivity contribution in [3.63, 3.8) is 0 Å². The molecule has 2 aliphatic rings. The summed E-state index contributed by atoms with van der Waals surface area (Å²) in [6.45, 7) is 25.1. The second kappa shape index (κ2) is 19.4. The molecular formula is C44H59N5O4S. The third-order valence-electron chi connectivity index (χ3n) is 10.7. The Balaban J connectivity index is 1.53. The van der Waals surface area contributed by atoms with Crippen LogP contribution < -0.4 is 14.8 Å². The van der Waals surface area contributed by atoms with E-state index in [0.29, 0.717) is 40.8 Å². The van der Waals surface area contributed by atoms with E-state index in [9.17, 15) is 4.79 Å². The lowest BCUT2D eigenvalue weighted by atomic mass is 9.75. The largest absolute Gasteiger partial charge is 0.496 e. The second-order valence-electron chi connectivity index (χ2n) is 15.1. The van der Waals surface area contributed by atoms with Gasteiger partial charge in [-0.2, -0.15) is 0 Å². The van der Waals surface area contributed by atoms with Crippen molar-refractivity contribution < 1.29 is 19.0 Å². The molecule has 0 bridgehead atoms. The summed E-state index contributed by atoms with van der Waals surface area (Å²) in [5.74, 6) is 2.11. The molecule has 0 N–H and O–H groups in total.